The van der Waals surface area contributed by atoms with E-state index in [2.05, 4.69) is 45.9 Å². The fourth-order valence-corrected chi connectivity index (χ4v) is 3.41. The number of aryl methyl sites for hydroxylation is 1. The van der Waals surface area contributed by atoms with Gasteiger partial charge in [-0.05, 0) is 42.9 Å². The third kappa shape index (κ3) is 8.04. The Morgan fingerprint density at radius 1 is 0.783 bits per heavy atom. The van der Waals surface area contributed by atoms with Gasteiger partial charge in [0.2, 0.25) is 0 Å². The molecule has 0 nitrogen and oxygen atoms in total. The molecule has 0 heterocycles. The second-order valence-electron chi connectivity index (χ2n) is 7.16. The molecule has 0 fully saturated rings. The zero-order chi connectivity index (χ0) is 16.9. The predicted octanol–water partition coefficient (Wildman–Crippen LogP) is 7.81. The molecule has 0 aliphatic heterocycles. The first kappa shape index (κ1) is 20.3. The van der Waals surface area contributed by atoms with Crippen molar-refractivity contribution >= 4 is 0 Å². The highest BCUT2D eigenvalue weighted by Crippen LogP contribution is 2.25. The van der Waals surface area contributed by atoms with E-state index < -0.39 is 0 Å². The van der Waals surface area contributed by atoms with Gasteiger partial charge in [-0.2, -0.15) is 0 Å². The van der Waals surface area contributed by atoms with Crippen LogP contribution in [0, 0.1) is 12.8 Å². The Hall–Kier alpha value is -0.780. The molecule has 1 rings (SSSR count). The molecule has 23 heavy (non-hydrogen) atoms. The Balaban J connectivity index is 2.16. The van der Waals surface area contributed by atoms with E-state index in [9.17, 15) is 0 Å². The molecule has 0 saturated heterocycles. The van der Waals surface area contributed by atoms with Crippen molar-refractivity contribution in [3.05, 3.63) is 40.8 Å². The Labute approximate surface area is 146 Å². The van der Waals surface area contributed by atoms with Crippen LogP contribution >= 0.6 is 0 Å². The van der Waals surface area contributed by atoms with Crippen LogP contribution in [0.2, 0.25) is 0 Å². The molecule has 0 aliphatic rings. The summed E-state index contributed by atoms with van der Waals surface area (Å²) in [6.07, 6.45) is 16.6. The summed E-state index contributed by atoms with van der Waals surface area (Å²) in [5.74, 6) is 1.52. The molecule has 0 atom stereocenters. The summed E-state index contributed by atoms with van der Waals surface area (Å²) in [7, 11) is 0. The third-order valence-electron chi connectivity index (χ3n) is 5.24. The first-order chi connectivity index (χ1) is 11.2. The number of benzene rings is 1. The van der Waals surface area contributed by atoms with Gasteiger partial charge in [-0.3, -0.25) is 0 Å². The van der Waals surface area contributed by atoms with E-state index in [4.69, 9.17) is 0 Å². The largest absolute Gasteiger partial charge is 0.0654 e. The molecule has 0 saturated carbocycles. The molecule has 0 aliphatic carbocycles. The van der Waals surface area contributed by atoms with E-state index in [1.807, 2.05) is 0 Å². The molecule has 0 spiro atoms. The minimum Gasteiger partial charge on any atom is -0.0654 e. The molecular weight excluding hydrogens is 276 g/mol. The number of hydrogen-bond donors (Lipinski definition) is 0. The molecule has 0 unspecified atom stereocenters. The van der Waals surface area contributed by atoms with E-state index in [1.165, 1.54) is 87.7 Å². The van der Waals surface area contributed by atoms with Crippen LogP contribution in [0.1, 0.15) is 108 Å². The average Bonchev–Trinajstić information content (AvgIpc) is 2.57. The van der Waals surface area contributed by atoms with Gasteiger partial charge in [-0.1, -0.05) is 96.8 Å². The number of unbranched alkanes of at least 4 members (excludes halogenated alkanes) is 9. The van der Waals surface area contributed by atoms with Gasteiger partial charge in [0.25, 0.3) is 0 Å². The summed E-state index contributed by atoms with van der Waals surface area (Å²) < 4.78 is 0. The Morgan fingerprint density at radius 2 is 1.35 bits per heavy atom. The molecule has 131 valence electrons. The van der Waals surface area contributed by atoms with Crippen molar-refractivity contribution in [2.75, 3.05) is 0 Å². The number of rotatable bonds is 13. The SMILES string of the molecule is CCCCCCCCCCCCc1cccc([C](C)CC)c1C. The maximum Gasteiger partial charge on any atom is 0.00190 e. The highest BCUT2D eigenvalue weighted by Gasteiger charge is 2.09. The maximum absolute atomic E-state index is 2.33. The van der Waals surface area contributed by atoms with Crippen LogP contribution in [0.25, 0.3) is 0 Å². The van der Waals surface area contributed by atoms with E-state index in [0.29, 0.717) is 0 Å². The monoisotopic (exact) mass is 315 g/mol. The van der Waals surface area contributed by atoms with Crippen LogP contribution in [0.3, 0.4) is 0 Å². The van der Waals surface area contributed by atoms with Gasteiger partial charge in [0.1, 0.15) is 0 Å². The first-order valence-corrected chi connectivity index (χ1v) is 10.1. The summed E-state index contributed by atoms with van der Waals surface area (Å²) >= 11 is 0. The van der Waals surface area contributed by atoms with Gasteiger partial charge in [0.05, 0.1) is 0 Å². The second-order valence-corrected chi connectivity index (χ2v) is 7.16. The lowest BCUT2D eigenvalue weighted by Crippen LogP contribution is -2.00. The molecule has 1 radical (unpaired) electrons. The van der Waals surface area contributed by atoms with Gasteiger partial charge in [0.15, 0.2) is 0 Å². The first-order valence-electron chi connectivity index (χ1n) is 10.1. The van der Waals surface area contributed by atoms with E-state index in [-0.39, 0.29) is 0 Å². The summed E-state index contributed by atoms with van der Waals surface area (Å²) in [5.41, 5.74) is 4.56. The highest BCUT2D eigenvalue weighted by atomic mass is 14.1. The molecular formula is C23H39. The van der Waals surface area contributed by atoms with Crippen LogP contribution in [0.4, 0.5) is 0 Å². The van der Waals surface area contributed by atoms with Crippen LogP contribution in [-0.4, -0.2) is 0 Å². The minimum atomic E-state index is 1.16. The normalized spacial score (nSPS) is 11.3. The smallest absolute Gasteiger partial charge is 0.00190 e. The molecule has 1 aromatic rings. The van der Waals surface area contributed by atoms with Crippen molar-refractivity contribution in [3.63, 3.8) is 0 Å². The van der Waals surface area contributed by atoms with E-state index in [1.54, 1.807) is 5.56 Å². The van der Waals surface area contributed by atoms with Gasteiger partial charge >= 0.3 is 0 Å². The Morgan fingerprint density at radius 3 is 1.91 bits per heavy atom. The predicted molar refractivity (Wildman–Crippen MR) is 105 cm³/mol. The summed E-state index contributed by atoms with van der Waals surface area (Å²) in [6.45, 7) is 9.12. The van der Waals surface area contributed by atoms with Crippen LogP contribution in [0.5, 0.6) is 0 Å². The highest BCUT2D eigenvalue weighted by molar-refractivity contribution is 5.41. The maximum atomic E-state index is 2.33. The zero-order valence-electron chi connectivity index (χ0n) is 16.2. The van der Waals surface area contributed by atoms with Crippen molar-refractivity contribution in [1.29, 1.82) is 0 Å². The van der Waals surface area contributed by atoms with Crippen molar-refractivity contribution in [3.8, 4) is 0 Å². The fraction of sp³-hybridized carbons (Fsp3) is 0.696. The summed E-state index contributed by atoms with van der Waals surface area (Å²) in [6, 6.07) is 6.86. The zero-order valence-corrected chi connectivity index (χ0v) is 16.2. The van der Waals surface area contributed by atoms with Gasteiger partial charge in [-0.15, -0.1) is 0 Å². The van der Waals surface area contributed by atoms with Crippen molar-refractivity contribution < 1.29 is 0 Å². The van der Waals surface area contributed by atoms with Crippen molar-refractivity contribution in [2.45, 2.75) is 105 Å². The minimum absolute atomic E-state index is 1.16. The Bertz CT molecular complexity index is 404. The molecule has 0 aromatic heterocycles. The van der Waals surface area contributed by atoms with Crippen molar-refractivity contribution in [2.24, 2.45) is 0 Å². The summed E-state index contributed by atoms with van der Waals surface area (Å²) in [5, 5.41) is 0. The van der Waals surface area contributed by atoms with Crippen LogP contribution in [0.15, 0.2) is 18.2 Å². The number of hydrogen-bond acceptors (Lipinski definition) is 0. The van der Waals surface area contributed by atoms with E-state index >= 15 is 0 Å². The lowest BCUT2D eigenvalue weighted by molar-refractivity contribution is 0.556. The van der Waals surface area contributed by atoms with E-state index in [0.717, 1.165) is 6.42 Å². The topological polar surface area (TPSA) is 0 Å². The van der Waals surface area contributed by atoms with Crippen molar-refractivity contribution in [1.82, 2.24) is 0 Å². The van der Waals surface area contributed by atoms with Crippen LogP contribution < -0.4 is 0 Å². The summed E-state index contributed by atoms with van der Waals surface area (Å²) in [4.78, 5) is 0. The van der Waals surface area contributed by atoms with Crippen LogP contribution in [-0.2, 0) is 6.42 Å². The second kappa shape index (κ2) is 12.6. The molecule has 0 bridgehead atoms. The molecule has 0 amide bonds. The average molecular weight is 316 g/mol. The lowest BCUT2D eigenvalue weighted by atomic mass is 9.90. The third-order valence-corrected chi connectivity index (χ3v) is 5.24. The molecule has 0 N–H and O–H groups in total. The van der Waals surface area contributed by atoms with Gasteiger partial charge in [0, 0.05) is 5.92 Å². The standard InChI is InChI=1S/C23H39/c1-5-7-8-9-10-11-12-13-14-15-17-22-18-16-19-23(21(22)4)20(3)6-2/h16,18-19H,5-15,17H2,1-4H3. The van der Waals surface area contributed by atoms with Gasteiger partial charge < -0.3 is 0 Å². The van der Waals surface area contributed by atoms with Gasteiger partial charge in [-0.25, -0.2) is 0 Å². The quantitative estimate of drug-likeness (QED) is 0.325. The molecule has 0 heteroatoms. The fourth-order valence-electron chi connectivity index (χ4n) is 3.41. The lowest BCUT2D eigenvalue weighted by Gasteiger charge is -2.15. The molecule has 1 aromatic carbocycles. The Kier molecular flexibility index (Phi) is 11.1.